The second-order valence-electron chi connectivity index (χ2n) is 12.9. The fourth-order valence-electron chi connectivity index (χ4n) is 6.76. The first kappa shape index (κ1) is 35.5. The van der Waals surface area contributed by atoms with Gasteiger partial charge in [-0.2, -0.15) is 0 Å². The lowest BCUT2D eigenvalue weighted by molar-refractivity contribution is -0.134. The lowest BCUT2D eigenvalue weighted by Crippen LogP contribution is -2.54. The summed E-state index contributed by atoms with van der Waals surface area (Å²) in [6.07, 6.45) is 5.45. The molecule has 0 aromatic heterocycles. The van der Waals surface area contributed by atoms with Crippen molar-refractivity contribution in [2.45, 2.75) is 45.7 Å². The minimum Gasteiger partial charge on any atom is -0.493 e. The zero-order valence-electron chi connectivity index (χ0n) is 29.4. The van der Waals surface area contributed by atoms with Crippen molar-refractivity contribution in [2.75, 3.05) is 59.4 Å². The van der Waals surface area contributed by atoms with Gasteiger partial charge in [0.2, 0.25) is 23.0 Å². The molecule has 1 aliphatic heterocycles. The number of aryl methyl sites for hydroxylation is 1. The molecule has 1 aliphatic carbocycles. The Balaban J connectivity index is 1.42. The van der Waals surface area contributed by atoms with Crippen LogP contribution >= 0.6 is 0 Å². The molecule has 3 aromatic rings. The van der Waals surface area contributed by atoms with Gasteiger partial charge in [0.05, 0.1) is 33.1 Å². The fraction of sp³-hybridized carbons (Fsp3) is 0.410. The minimum absolute atomic E-state index is 0.0260. The predicted octanol–water partition coefficient (Wildman–Crippen LogP) is 5.16. The van der Waals surface area contributed by atoms with Gasteiger partial charge < -0.3 is 29.7 Å². The molecule has 1 heterocycles. The van der Waals surface area contributed by atoms with Gasteiger partial charge >= 0.3 is 0 Å². The molecule has 3 aromatic carbocycles. The molecule has 10 heteroatoms. The van der Waals surface area contributed by atoms with Crippen LogP contribution in [0, 0.1) is 5.92 Å². The van der Waals surface area contributed by atoms with E-state index in [1.54, 1.807) is 33.5 Å². The summed E-state index contributed by atoms with van der Waals surface area (Å²) in [5, 5.41) is 6.37. The van der Waals surface area contributed by atoms with E-state index in [2.05, 4.69) is 39.8 Å². The molecular formula is C39H48N4O6. The third-order valence-corrected chi connectivity index (χ3v) is 9.32. The quantitative estimate of drug-likeness (QED) is 0.289. The molecule has 1 saturated heterocycles. The van der Waals surface area contributed by atoms with Crippen molar-refractivity contribution in [1.82, 2.24) is 15.1 Å². The van der Waals surface area contributed by atoms with Crippen molar-refractivity contribution in [3.05, 3.63) is 87.6 Å². The number of carbonyl (C=O) groups is 2. The molecule has 2 amide bonds. The first-order valence-corrected chi connectivity index (χ1v) is 16.9. The zero-order chi connectivity index (χ0) is 35.1. The Labute approximate surface area is 289 Å². The number of ether oxygens (including phenoxy) is 3. The number of amides is 2. The molecule has 260 valence electrons. The van der Waals surface area contributed by atoms with Crippen LogP contribution in [-0.4, -0.2) is 81.7 Å². The molecule has 10 nitrogen and oxygen atoms in total. The molecule has 2 N–H and O–H groups in total. The lowest BCUT2D eigenvalue weighted by atomic mass is 9.95. The standard InChI is InChI=1S/C39H48N4O6/c1-25(2)36(39(46)43-21-19-42(20-22-43)18-10-13-27-11-8-7-9-12-27)41-32-17-15-29-30(24-33(32)45)31(40-26(3)44)16-14-28-23-34(47-4)37(48-5)38(49-6)35(28)29/h7-13,15,17,23-25,31,36H,14,16,18-22H2,1-6H3,(H,40,44)(H,41,45)/t31-,36-/m0/s1. The maximum absolute atomic E-state index is 13.9. The van der Waals surface area contributed by atoms with Gasteiger partial charge in [-0.05, 0) is 59.2 Å². The largest absolute Gasteiger partial charge is 0.493 e. The summed E-state index contributed by atoms with van der Waals surface area (Å²) in [7, 11) is 4.70. The summed E-state index contributed by atoms with van der Waals surface area (Å²) in [5.74, 6) is 1.16. The van der Waals surface area contributed by atoms with Crippen LogP contribution in [0.3, 0.4) is 0 Å². The Morgan fingerprint density at radius 2 is 1.65 bits per heavy atom. The van der Waals surface area contributed by atoms with E-state index in [0.717, 1.165) is 36.3 Å². The normalized spacial score (nSPS) is 16.7. The van der Waals surface area contributed by atoms with Gasteiger partial charge in [0.15, 0.2) is 11.5 Å². The number of rotatable bonds is 11. The Hall–Kier alpha value is -4.83. The molecule has 0 bridgehead atoms. The van der Waals surface area contributed by atoms with Crippen molar-refractivity contribution in [2.24, 2.45) is 5.92 Å². The van der Waals surface area contributed by atoms with Gasteiger partial charge in [0.1, 0.15) is 6.04 Å². The van der Waals surface area contributed by atoms with Crippen LogP contribution in [0.2, 0.25) is 0 Å². The minimum atomic E-state index is -0.600. The van der Waals surface area contributed by atoms with Crippen molar-refractivity contribution < 1.29 is 23.8 Å². The van der Waals surface area contributed by atoms with Crippen molar-refractivity contribution in [3.63, 3.8) is 0 Å². The topological polar surface area (TPSA) is 109 Å². The molecule has 2 aliphatic rings. The van der Waals surface area contributed by atoms with Crippen LogP contribution in [0.1, 0.15) is 49.9 Å². The summed E-state index contributed by atoms with van der Waals surface area (Å²) in [6.45, 7) is 9.03. The van der Waals surface area contributed by atoms with Crippen LogP contribution in [0.5, 0.6) is 17.2 Å². The second-order valence-corrected chi connectivity index (χ2v) is 12.9. The van der Waals surface area contributed by atoms with E-state index in [9.17, 15) is 14.4 Å². The number of fused-ring (bicyclic) bond motifs is 3. The van der Waals surface area contributed by atoms with E-state index in [1.807, 2.05) is 49.1 Å². The Morgan fingerprint density at radius 3 is 2.29 bits per heavy atom. The van der Waals surface area contributed by atoms with Crippen LogP contribution < -0.4 is 30.3 Å². The molecule has 49 heavy (non-hydrogen) atoms. The van der Waals surface area contributed by atoms with Gasteiger partial charge in [-0.3, -0.25) is 19.3 Å². The number of carbonyl (C=O) groups excluding carboxylic acids is 2. The van der Waals surface area contributed by atoms with Crippen molar-refractivity contribution >= 4 is 23.6 Å². The molecule has 0 unspecified atom stereocenters. The number of hydrogen-bond acceptors (Lipinski definition) is 8. The summed E-state index contributed by atoms with van der Waals surface area (Å²) < 4.78 is 17.2. The van der Waals surface area contributed by atoms with Crippen LogP contribution in [0.4, 0.5) is 5.69 Å². The van der Waals surface area contributed by atoms with E-state index in [-0.39, 0.29) is 23.2 Å². The molecular weight excluding hydrogens is 620 g/mol. The summed E-state index contributed by atoms with van der Waals surface area (Å²) in [6, 6.07) is 16.3. The number of anilines is 1. The Morgan fingerprint density at radius 1 is 0.939 bits per heavy atom. The summed E-state index contributed by atoms with van der Waals surface area (Å²) >= 11 is 0. The molecule has 2 atom stereocenters. The number of hydrogen-bond donors (Lipinski definition) is 2. The molecule has 1 fully saturated rings. The van der Waals surface area contributed by atoms with E-state index < -0.39 is 12.1 Å². The van der Waals surface area contributed by atoms with Crippen LogP contribution in [-0.2, 0) is 16.0 Å². The first-order chi connectivity index (χ1) is 23.6. The van der Waals surface area contributed by atoms with Gasteiger partial charge in [-0.25, -0.2) is 0 Å². The van der Waals surface area contributed by atoms with E-state index in [0.29, 0.717) is 54.4 Å². The van der Waals surface area contributed by atoms with E-state index in [1.165, 1.54) is 12.5 Å². The third-order valence-electron chi connectivity index (χ3n) is 9.32. The maximum atomic E-state index is 13.9. The molecule has 0 radical (unpaired) electrons. The zero-order valence-corrected chi connectivity index (χ0v) is 29.4. The van der Waals surface area contributed by atoms with Crippen LogP contribution in [0.15, 0.2) is 65.5 Å². The second kappa shape index (κ2) is 16.0. The van der Waals surface area contributed by atoms with Crippen LogP contribution in [0.25, 0.3) is 17.2 Å². The molecule has 0 saturated carbocycles. The van der Waals surface area contributed by atoms with Gasteiger partial charge in [0, 0.05) is 45.2 Å². The van der Waals surface area contributed by atoms with Gasteiger partial charge in [-0.15, -0.1) is 0 Å². The maximum Gasteiger partial charge on any atom is 0.245 e. The summed E-state index contributed by atoms with van der Waals surface area (Å²) in [4.78, 5) is 44.4. The number of nitrogens with zero attached hydrogens (tertiary/aromatic N) is 2. The van der Waals surface area contributed by atoms with E-state index >= 15 is 0 Å². The summed E-state index contributed by atoms with van der Waals surface area (Å²) in [5.41, 5.74) is 4.33. The van der Waals surface area contributed by atoms with Gasteiger partial charge in [-0.1, -0.05) is 62.4 Å². The monoisotopic (exact) mass is 668 g/mol. The molecule has 5 rings (SSSR count). The SMILES string of the molecule is COc1cc2c(c(OC)c1OC)-c1ccc(N[C@H](C(=O)N3CCN(CC=Cc4ccccc4)CC3)C(C)C)c(=O)cc1[C@@H](NC(C)=O)CC2. The number of nitrogens with one attached hydrogen (secondary N) is 2. The average Bonchev–Trinajstić information content (AvgIpc) is 3.34. The highest BCUT2D eigenvalue weighted by molar-refractivity contribution is 5.86. The predicted molar refractivity (Wildman–Crippen MR) is 193 cm³/mol. The number of benzene rings is 2. The fourth-order valence-corrected chi connectivity index (χ4v) is 6.76. The van der Waals surface area contributed by atoms with Crippen molar-refractivity contribution in [3.8, 4) is 28.4 Å². The smallest absolute Gasteiger partial charge is 0.245 e. The van der Waals surface area contributed by atoms with Crippen molar-refractivity contribution in [1.29, 1.82) is 0 Å². The lowest BCUT2D eigenvalue weighted by Gasteiger charge is -2.37. The molecule has 0 spiro atoms. The number of methoxy groups -OCH3 is 3. The highest BCUT2D eigenvalue weighted by Crippen LogP contribution is 2.50. The first-order valence-electron chi connectivity index (χ1n) is 16.9. The highest BCUT2D eigenvalue weighted by Gasteiger charge is 2.32. The van der Waals surface area contributed by atoms with Gasteiger partial charge in [0.25, 0.3) is 0 Å². The van der Waals surface area contributed by atoms with E-state index in [4.69, 9.17) is 14.2 Å². The Kier molecular flexibility index (Phi) is 11.6. The average molecular weight is 669 g/mol. The highest BCUT2D eigenvalue weighted by atomic mass is 16.5. The third kappa shape index (κ3) is 8.08. The Bertz CT molecular complexity index is 1730. The number of piperazine rings is 1.